The monoisotopic (exact) mass is 204 g/mol. The number of carbonyl (C=O) groups is 1. The van der Waals surface area contributed by atoms with Gasteiger partial charge in [-0.1, -0.05) is 12.6 Å². The van der Waals surface area contributed by atoms with Crippen LogP contribution in [0.2, 0.25) is 0 Å². The summed E-state index contributed by atoms with van der Waals surface area (Å²) in [5, 5.41) is 8.81. The Morgan fingerprint density at radius 2 is 2.33 bits per heavy atom. The number of hydrogen-bond donors (Lipinski definition) is 1. The number of rotatable bonds is 2. The number of benzene rings is 1. The first-order valence-electron chi connectivity index (χ1n) is 4.80. The molecule has 1 aromatic carbocycles. The Bertz CT molecular complexity index is 434. The third-order valence-corrected chi connectivity index (χ3v) is 2.50. The summed E-state index contributed by atoms with van der Waals surface area (Å²) in [5.74, 6) is -0.133. The van der Waals surface area contributed by atoms with Crippen LogP contribution in [0.25, 0.3) is 5.57 Å². The summed E-state index contributed by atoms with van der Waals surface area (Å²) in [7, 11) is 0. The quantitative estimate of drug-likeness (QED) is 0.750. The van der Waals surface area contributed by atoms with E-state index in [0.29, 0.717) is 5.56 Å². The summed E-state index contributed by atoms with van der Waals surface area (Å²) >= 11 is 0. The van der Waals surface area contributed by atoms with Gasteiger partial charge in [-0.15, -0.1) is 0 Å². The van der Waals surface area contributed by atoms with Gasteiger partial charge < -0.3 is 9.84 Å². The Morgan fingerprint density at radius 3 is 3.00 bits per heavy atom. The van der Waals surface area contributed by atoms with Crippen LogP contribution in [0.3, 0.4) is 0 Å². The van der Waals surface area contributed by atoms with E-state index in [1.807, 2.05) is 19.1 Å². The van der Waals surface area contributed by atoms with Gasteiger partial charge in [0, 0.05) is 6.42 Å². The SMILES string of the molecule is C=C(C(=O)O)c1ccc2c(c1)CC(C)O2. The third kappa shape index (κ3) is 1.73. The lowest BCUT2D eigenvalue weighted by Crippen LogP contribution is -2.05. The zero-order valence-corrected chi connectivity index (χ0v) is 8.49. The normalized spacial score (nSPS) is 18.1. The Labute approximate surface area is 88.0 Å². The first-order chi connectivity index (χ1) is 7.08. The van der Waals surface area contributed by atoms with Gasteiger partial charge in [0.2, 0.25) is 0 Å². The minimum absolute atomic E-state index is 0.123. The highest BCUT2D eigenvalue weighted by atomic mass is 16.5. The first-order valence-corrected chi connectivity index (χ1v) is 4.80. The van der Waals surface area contributed by atoms with E-state index in [0.717, 1.165) is 17.7 Å². The molecular weight excluding hydrogens is 192 g/mol. The van der Waals surface area contributed by atoms with Crippen molar-refractivity contribution in [3.63, 3.8) is 0 Å². The molecule has 1 heterocycles. The second kappa shape index (κ2) is 3.42. The van der Waals surface area contributed by atoms with E-state index in [-0.39, 0.29) is 11.7 Å². The fraction of sp³-hybridized carbons (Fsp3) is 0.250. The highest BCUT2D eigenvalue weighted by molar-refractivity contribution is 6.14. The fourth-order valence-corrected chi connectivity index (χ4v) is 1.73. The summed E-state index contributed by atoms with van der Waals surface area (Å²) in [5.41, 5.74) is 1.83. The van der Waals surface area contributed by atoms with Crippen LogP contribution in [0, 0.1) is 0 Å². The van der Waals surface area contributed by atoms with Crippen molar-refractivity contribution in [1.82, 2.24) is 0 Å². The molecule has 0 saturated heterocycles. The minimum atomic E-state index is -0.984. The van der Waals surface area contributed by atoms with Crippen molar-refractivity contribution in [2.24, 2.45) is 0 Å². The van der Waals surface area contributed by atoms with Crippen molar-refractivity contribution < 1.29 is 14.6 Å². The third-order valence-electron chi connectivity index (χ3n) is 2.50. The molecule has 15 heavy (non-hydrogen) atoms. The van der Waals surface area contributed by atoms with Gasteiger partial charge in [0.25, 0.3) is 0 Å². The van der Waals surface area contributed by atoms with Gasteiger partial charge in [0.05, 0.1) is 5.57 Å². The second-order valence-electron chi connectivity index (χ2n) is 3.74. The van der Waals surface area contributed by atoms with Gasteiger partial charge in [0.15, 0.2) is 0 Å². The largest absolute Gasteiger partial charge is 0.490 e. The topological polar surface area (TPSA) is 46.5 Å². The zero-order valence-electron chi connectivity index (χ0n) is 8.49. The van der Waals surface area contributed by atoms with Crippen molar-refractivity contribution in [2.75, 3.05) is 0 Å². The molecule has 2 rings (SSSR count). The molecule has 3 heteroatoms. The molecule has 0 saturated carbocycles. The highest BCUT2D eigenvalue weighted by Crippen LogP contribution is 2.30. The van der Waals surface area contributed by atoms with Crippen molar-refractivity contribution in [3.8, 4) is 5.75 Å². The maximum Gasteiger partial charge on any atom is 0.335 e. The molecule has 1 atom stereocenters. The first kappa shape index (κ1) is 9.77. The number of fused-ring (bicyclic) bond motifs is 1. The van der Waals surface area contributed by atoms with Gasteiger partial charge >= 0.3 is 5.97 Å². The van der Waals surface area contributed by atoms with Crippen LogP contribution in [0.1, 0.15) is 18.1 Å². The highest BCUT2D eigenvalue weighted by Gasteiger charge is 2.20. The van der Waals surface area contributed by atoms with Crippen LogP contribution in [0.5, 0.6) is 5.75 Å². The van der Waals surface area contributed by atoms with E-state index in [9.17, 15) is 4.79 Å². The van der Waals surface area contributed by atoms with Crippen LogP contribution in [-0.4, -0.2) is 17.2 Å². The van der Waals surface area contributed by atoms with E-state index >= 15 is 0 Å². The molecule has 0 radical (unpaired) electrons. The molecule has 0 aliphatic carbocycles. The Kier molecular flexibility index (Phi) is 2.23. The van der Waals surface area contributed by atoms with Gasteiger partial charge in [-0.2, -0.15) is 0 Å². The average Bonchev–Trinajstić information content (AvgIpc) is 2.55. The van der Waals surface area contributed by atoms with Gasteiger partial charge in [-0.3, -0.25) is 0 Å². The van der Waals surface area contributed by atoms with E-state index in [1.54, 1.807) is 6.07 Å². The Balaban J connectivity index is 2.35. The predicted octanol–water partition coefficient (Wildman–Crippen LogP) is 2.11. The predicted molar refractivity (Wildman–Crippen MR) is 56.9 cm³/mol. The number of ether oxygens (including phenoxy) is 1. The van der Waals surface area contributed by atoms with Crippen LogP contribution < -0.4 is 4.74 Å². The Morgan fingerprint density at radius 1 is 1.60 bits per heavy atom. The molecule has 0 aromatic heterocycles. The summed E-state index contributed by atoms with van der Waals surface area (Å²) in [6.45, 7) is 5.52. The van der Waals surface area contributed by atoms with Crippen LogP contribution in [0.15, 0.2) is 24.8 Å². The van der Waals surface area contributed by atoms with Crippen LogP contribution in [-0.2, 0) is 11.2 Å². The van der Waals surface area contributed by atoms with Crippen molar-refractivity contribution in [1.29, 1.82) is 0 Å². The van der Waals surface area contributed by atoms with Crippen molar-refractivity contribution >= 4 is 11.5 Å². The molecule has 1 aromatic rings. The van der Waals surface area contributed by atoms with Crippen molar-refractivity contribution in [3.05, 3.63) is 35.9 Å². The maximum atomic E-state index is 10.7. The maximum absolute atomic E-state index is 10.7. The molecule has 1 aliphatic rings. The van der Waals surface area contributed by atoms with Crippen molar-refractivity contribution in [2.45, 2.75) is 19.4 Å². The van der Waals surface area contributed by atoms with Crippen LogP contribution in [0.4, 0.5) is 0 Å². The van der Waals surface area contributed by atoms with Gasteiger partial charge in [-0.05, 0) is 30.2 Å². The standard InChI is InChI=1S/C12H12O3/c1-7-5-10-6-9(8(2)12(13)14)3-4-11(10)15-7/h3-4,6-7H,2,5H2,1H3,(H,13,14). The lowest BCUT2D eigenvalue weighted by Gasteiger charge is -2.03. The number of carboxylic acids is 1. The summed E-state index contributed by atoms with van der Waals surface area (Å²) < 4.78 is 5.52. The molecule has 1 N–H and O–H groups in total. The van der Waals surface area contributed by atoms with Crippen LogP contribution >= 0.6 is 0 Å². The summed E-state index contributed by atoms with van der Waals surface area (Å²) in [4.78, 5) is 10.7. The summed E-state index contributed by atoms with van der Waals surface area (Å²) in [6, 6.07) is 5.38. The molecule has 3 nitrogen and oxygen atoms in total. The number of carboxylic acid groups (broad SMARTS) is 1. The van der Waals surface area contributed by atoms with E-state index in [1.165, 1.54) is 0 Å². The molecule has 0 spiro atoms. The molecule has 1 unspecified atom stereocenters. The molecule has 0 bridgehead atoms. The Hall–Kier alpha value is -1.77. The van der Waals surface area contributed by atoms with E-state index in [4.69, 9.17) is 9.84 Å². The van der Waals surface area contributed by atoms with E-state index in [2.05, 4.69) is 6.58 Å². The molecule has 1 aliphatic heterocycles. The number of hydrogen-bond acceptors (Lipinski definition) is 2. The molecular formula is C12H12O3. The lowest BCUT2D eigenvalue weighted by atomic mass is 10.0. The number of aliphatic carboxylic acids is 1. The second-order valence-corrected chi connectivity index (χ2v) is 3.74. The smallest absolute Gasteiger partial charge is 0.335 e. The molecule has 0 fully saturated rings. The fourth-order valence-electron chi connectivity index (χ4n) is 1.73. The molecule has 0 amide bonds. The summed E-state index contributed by atoms with van der Waals surface area (Å²) in [6.07, 6.45) is 1.00. The molecule has 78 valence electrons. The zero-order chi connectivity index (χ0) is 11.0. The van der Waals surface area contributed by atoms with Gasteiger partial charge in [-0.25, -0.2) is 4.79 Å². The minimum Gasteiger partial charge on any atom is -0.490 e. The average molecular weight is 204 g/mol. The van der Waals surface area contributed by atoms with E-state index < -0.39 is 5.97 Å². The lowest BCUT2D eigenvalue weighted by molar-refractivity contribution is -0.130. The van der Waals surface area contributed by atoms with Gasteiger partial charge in [0.1, 0.15) is 11.9 Å².